The van der Waals surface area contributed by atoms with Crippen molar-refractivity contribution in [3.05, 3.63) is 106 Å². The van der Waals surface area contributed by atoms with E-state index in [-0.39, 0.29) is 11.3 Å². The van der Waals surface area contributed by atoms with Crippen LogP contribution in [0.15, 0.2) is 78.4 Å². The van der Waals surface area contributed by atoms with Gasteiger partial charge in [-0.25, -0.2) is 4.39 Å². The molecule has 160 valence electrons. The molecule has 1 amide bonds. The minimum absolute atomic E-state index is 0.0429. The smallest absolute Gasteiger partial charge is 0.300 e. The second-order valence-corrected chi connectivity index (χ2v) is 8.25. The first-order chi connectivity index (χ1) is 15.5. The van der Waals surface area contributed by atoms with Crippen LogP contribution >= 0.6 is 0 Å². The fourth-order valence-electron chi connectivity index (χ4n) is 4.69. The molecule has 0 bridgehead atoms. The summed E-state index contributed by atoms with van der Waals surface area (Å²) >= 11 is 0. The summed E-state index contributed by atoms with van der Waals surface area (Å²) < 4.78 is 13.5. The van der Waals surface area contributed by atoms with Gasteiger partial charge in [0.25, 0.3) is 11.7 Å². The first-order valence-electron chi connectivity index (χ1n) is 10.8. The van der Waals surface area contributed by atoms with E-state index in [4.69, 9.17) is 0 Å². The molecule has 2 aliphatic rings. The molecule has 5 rings (SSSR count). The van der Waals surface area contributed by atoms with Crippen LogP contribution in [0.5, 0.6) is 0 Å². The van der Waals surface area contributed by atoms with Gasteiger partial charge in [0.05, 0.1) is 11.6 Å². The van der Waals surface area contributed by atoms with Gasteiger partial charge < -0.3 is 5.11 Å². The fraction of sp³-hybridized carbons (Fsp3) is 0.185. The normalized spacial score (nSPS) is 19.8. The Morgan fingerprint density at radius 1 is 0.875 bits per heavy atom. The molecule has 1 saturated heterocycles. The predicted molar refractivity (Wildman–Crippen MR) is 121 cm³/mol. The number of fused-ring (bicyclic) bond motifs is 1. The molecule has 1 aliphatic carbocycles. The number of amides is 1. The van der Waals surface area contributed by atoms with Crippen molar-refractivity contribution in [1.29, 1.82) is 0 Å². The van der Waals surface area contributed by atoms with Gasteiger partial charge >= 0.3 is 0 Å². The maximum absolute atomic E-state index is 13.5. The Balaban J connectivity index is 1.68. The second-order valence-electron chi connectivity index (χ2n) is 8.25. The van der Waals surface area contributed by atoms with Gasteiger partial charge in [-0.3, -0.25) is 14.5 Å². The topological polar surface area (TPSA) is 57.6 Å². The molecule has 1 aliphatic heterocycles. The molecular weight excluding hydrogens is 405 g/mol. The lowest BCUT2D eigenvalue weighted by Crippen LogP contribution is -2.29. The third kappa shape index (κ3) is 3.40. The Bertz CT molecular complexity index is 1230. The highest BCUT2D eigenvalue weighted by atomic mass is 19.1. The van der Waals surface area contributed by atoms with E-state index in [9.17, 15) is 19.1 Å². The van der Waals surface area contributed by atoms with Gasteiger partial charge in [-0.15, -0.1) is 0 Å². The van der Waals surface area contributed by atoms with Crippen LogP contribution in [-0.4, -0.2) is 16.8 Å². The summed E-state index contributed by atoms with van der Waals surface area (Å²) in [5.74, 6) is -2.12. The van der Waals surface area contributed by atoms with Crippen LogP contribution in [0.3, 0.4) is 0 Å². The molecule has 1 N–H and O–H groups in total. The lowest BCUT2D eigenvalue weighted by atomic mass is 9.88. The molecular formula is C27H22FNO3. The molecule has 0 spiro atoms. The van der Waals surface area contributed by atoms with Crippen LogP contribution in [0.2, 0.25) is 0 Å². The summed E-state index contributed by atoms with van der Waals surface area (Å²) in [6.07, 6.45) is 4.18. The van der Waals surface area contributed by atoms with Crippen molar-refractivity contribution in [1.82, 2.24) is 0 Å². The number of hydrogen-bond donors (Lipinski definition) is 1. The van der Waals surface area contributed by atoms with Gasteiger partial charge in [-0.05, 0) is 72.7 Å². The number of Topliss-reactive ketones (excluding diaryl/α,β-unsaturated/α-hetero) is 1. The van der Waals surface area contributed by atoms with Crippen molar-refractivity contribution in [3.63, 3.8) is 0 Å². The number of hydrogen-bond acceptors (Lipinski definition) is 3. The Morgan fingerprint density at radius 3 is 2.28 bits per heavy atom. The Kier molecular flexibility index (Phi) is 5.10. The molecule has 3 aromatic rings. The number of ketones is 1. The number of carbonyl (C=O) groups excluding carboxylic acids is 2. The molecule has 0 saturated carbocycles. The Morgan fingerprint density at radius 2 is 1.56 bits per heavy atom. The summed E-state index contributed by atoms with van der Waals surface area (Å²) in [7, 11) is 0. The summed E-state index contributed by atoms with van der Waals surface area (Å²) in [6, 6.07) is 19.5. The molecule has 3 aromatic carbocycles. The molecule has 1 fully saturated rings. The SMILES string of the molecule is O=C1C(=O)N(c2ccc(F)cc2)C(c2ccccc2)/C1=C(/O)c1ccc2c(c1)CCCC2. The number of benzene rings is 3. The summed E-state index contributed by atoms with van der Waals surface area (Å²) in [4.78, 5) is 27.6. The average Bonchev–Trinajstić information content (AvgIpc) is 3.10. The monoisotopic (exact) mass is 427 g/mol. The van der Waals surface area contributed by atoms with E-state index >= 15 is 0 Å². The van der Waals surface area contributed by atoms with Crippen molar-refractivity contribution in [2.45, 2.75) is 31.7 Å². The van der Waals surface area contributed by atoms with E-state index in [1.54, 1.807) is 0 Å². The largest absolute Gasteiger partial charge is 0.507 e. The number of aliphatic hydroxyl groups is 1. The summed E-state index contributed by atoms with van der Waals surface area (Å²) in [5.41, 5.74) is 4.09. The minimum atomic E-state index is -0.808. The zero-order valence-corrected chi connectivity index (χ0v) is 17.4. The molecule has 4 nitrogen and oxygen atoms in total. The van der Waals surface area contributed by atoms with Crippen molar-refractivity contribution in [3.8, 4) is 0 Å². The second kappa shape index (κ2) is 8.08. The van der Waals surface area contributed by atoms with E-state index in [2.05, 4.69) is 0 Å². The van der Waals surface area contributed by atoms with Crippen LogP contribution in [0.4, 0.5) is 10.1 Å². The summed E-state index contributed by atoms with van der Waals surface area (Å²) in [6.45, 7) is 0. The summed E-state index contributed by atoms with van der Waals surface area (Å²) in [5, 5.41) is 11.3. The predicted octanol–water partition coefficient (Wildman–Crippen LogP) is 5.33. The molecule has 1 atom stereocenters. The van der Waals surface area contributed by atoms with E-state index in [1.807, 2.05) is 48.5 Å². The lowest BCUT2D eigenvalue weighted by molar-refractivity contribution is -0.132. The molecule has 32 heavy (non-hydrogen) atoms. The van der Waals surface area contributed by atoms with E-state index in [1.165, 1.54) is 40.3 Å². The number of aryl methyl sites for hydroxylation is 2. The van der Waals surface area contributed by atoms with E-state index < -0.39 is 23.5 Å². The number of carbonyl (C=O) groups is 2. The number of anilines is 1. The molecule has 0 aromatic heterocycles. The maximum Gasteiger partial charge on any atom is 0.300 e. The Labute approximate surface area is 185 Å². The van der Waals surface area contributed by atoms with Gasteiger partial charge in [0, 0.05) is 11.3 Å². The van der Waals surface area contributed by atoms with Crippen molar-refractivity contribution >= 4 is 23.1 Å². The average molecular weight is 427 g/mol. The third-order valence-corrected chi connectivity index (χ3v) is 6.29. The molecule has 0 radical (unpaired) electrons. The lowest BCUT2D eigenvalue weighted by Gasteiger charge is -2.25. The van der Waals surface area contributed by atoms with Crippen LogP contribution in [0, 0.1) is 5.82 Å². The Hall–Kier alpha value is -3.73. The van der Waals surface area contributed by atoms with Crippen LogP contribution in [0.25, 0.3) is 5.76 Å². The standard InChI is InChI=1S/C27H22FNO3/c28-21-12-14-22(15-13-21)29-24(18-7-2-1-3-8-18)23(26(31)27(29)32)25(30)20-11-10-17-6-4-5-9-19(17)16-20/h1-3,7-8,10-16,24,30H,4-6,9H2/b25-23-. The van der Waals surface area contributed by atoms with Crippen LogP contribution in [0.1, 0.15) is 41.1 Å². The zero-order chi connectivity index (χ0) is 22.2. The third-order valence-electron chi connectivity index (χ3n) is 6.29. The van der Waals surface area contributed by atoms with Crippen molar-refractivity contribution in [2.75, 3.05) is 4.90 Å². The fourth-order valence-corrected chi connectivity index (χ4v) is 4.69. The van der Waals surface area contributed by atoms with Crippen molar-refractivity contribution in [2.24, 2.45) is 0 Å². The molecule has 1 unspecified atom stereocenters. The van der Waals surface area contributed by atoms with Gasteiger partial charge in [-0.1, -0.05) is 42.5 Å². The minimum Gasteiger partial charge on any atom is -0.507 e. The highest BCUT2D eigenvalue weighted by molar-refractivity contribution is 6.51. The van der Waals surface area contributed by atoms with E-state index in [0.29, 0.717) is 16.8 Å². The van der Waals surface area contributed by atoms with Crippen molar-refractivity contribution < 1.29 is 19.1 Å². The number of nitrogens with zero attached hydrogens (tertiary/aromatic N) is 1. The van der Waals surface area contributed by atoms with Gasteiger partial charge in [0.1, 0.15) is 11.6 Å². The highest BCUT2D eigenvalue weighted by Gasteiger charge is 2.46. The zero-order valence-electron chi connectivity index (χ0n) is 17.4. The number of rotatable bonds is 3. The van der Waals surface area contributed by atoms with Crippen LogP contribution < -0.4 is 4.90 Å². The van der Waals surface area contributed by atoms with Gasteiger partial charge in [-0.2, -0.15) is 0 Å². The van der Waals surface area contributed by atoms with E-state index in [0.717, 1.165) is 25.7 Å². The maximum atomic E-state index is 13.5. The van der Waals surface area contributed by atoms with Gasteiger partial charge in [0.15, 0.2) is 0 Å². The highest BCUT2D eigenvalue weighted by Crippen LogP contribution is 2.42. The van der Waals surface area contributed by atoms with Crippen LogP contribution in [-0.2, 0) is 22.4 Å². The van der Waals surface area contributed by atoms with Gasteiger partial charge in [0.2, 0.25) is 0 Å². The number of aliphatic hydroxyl groups excluding tert-OH is 1. The first-order valence-corrected chi connectivity index (χ1v) is 10.8. The molecule has 5 heteroatoms. The first kappa shape index (κ1) is 20.2. The molecule has 1 heterocycles. The quantitative estimate of drug-likeness (QED) is 0.349. The number of halogens is 1.